The van der Waals surface area contributed by atoms with E-state index in [4.69, 9.17) is 10.00 Å². The van der Waals surface area contributed by atoms with E-state index in [0.29, 0.717) is 11.6 Å². The standard InChI is InChI=1S/C14H18N2O/c1-17-10-14(13-6-7-13)16-9-12-4-2-11(8-15)3-5-12/h2-5,13-14,16H,6-7,9-10H2,1H3. The molecule has 2 rings (SSSR count). The van der Waals surface area contributed by atoms with Crippen LogP contribution in [0.15, 0.2) is 24.3 Å². The summed E-state index contributed by atoms with van der Waals surface area (Å²) >= 11 is 0. The average molecular weight is 230 g/mol. The van der Waals surface area contributed by atoms with Gasteiger partial charge in [-0.1, -0.05) is 12.1 Å². The van der Waals surface area contributed by atoms with Gasteiger partial charge < -0.3 is 10.1 Å². The molecule has 0 amide bonds. The Balaban J connectivity index is 1.85. The second kappa shape index (κ2) is 5.81. The summed E-state index contributed by atoms with van der Waals surface area (Å²) in [6.45, 7) is 1.62. The molecule has 0 spiro atoms. The van der Waals surface area contributed by atoms with Crippen LogP contribution in [0, 0.1) is 17.2 Å². The molecule has 1 fully saturated rings. The van der Waals surface area contributed by atoms with Gasteiger partial charge in [-0.2, -0.15) is 5.26 Å². The van der Waals surface area contributed by atoms with Crippen molar-refractivity contribution in [2.45, 2.75) is 25.4 Å². The number of nitrogens with one attached hydrogen (secondary N) is 1. The molecular weight excluding hydrogens is 212 g/mol. The van der Waals surface area contributed by atoms with Crippen molar-refractivity contribution in [3.8, 4) is 6.07 Å². The van der Waals surface area contributed by atoms with Crippen LogP contribution in [0.2, 0.25) is 0 Å². The highest BCUT2D eigenvalue weighted by Gasteiger charge is 2.30. The van der Waals surface area contributed by atoms with Crippen molar-refractivity contribution >= 4 is 0 Å². The molecule has 1 aliphatic carbocycles. The summed E-state index contributed by atoms with van der Waals surface area (Å²) in [6.07, 6.45) is 2.63. The molecule has 0 aromatic heterocycles. The first-order chi connectivity index (χ1) is 8.33. The van der Waals surface area contributed by atoms with Crippen LogP contribution < -0.4 is 5.32 Å². The van der Waals surface area contributed by atoms with Crippen molar-refractivity contribution < 1.29 is 4.74 Å². The molecule has 1 saturated carbocycles. The molecule has 1 aliphatic rings. The summed E-state index contributed by atoms with van der Waals surface area (Å²) in [5.41, 5.74) is 1.93. The van der Waals surface area contributed by atoms with E-state index in [1.165, 1.54) is 18.4 Å². The minimum atomic E-state index is 0.468. The summed E-state index contributed by atoms with van der Waals surface area (Å²) < 4.78 is 5.22. The fourth-order valence-electron chi connectivity index (χ4n) is 1.99. The van der Waals surface area contributed by atoms with Crippen LogP contribution in [0.25, 0.3) is 0 Å². The van der Waals surface area contributed by atoms with Gasteiger partial charge in [0.15, 0.2) is 0 Å². The largest absolute Gasteiger partial charge is 0.383 e. The van der Waals surface area contributed by atoms with E-state index in [0.717, 1.165) is 19.1 Å². The minimum absolute atomic E-state index is 0.468. The lowest BCUT2D eigenvalue weighted by molar-refractivity contribution is 0.157. The van der Waals surface area contributed by atoms with E-state index >= 15 is 0 Å². The Kier molecular flexibility index (Phi) is 4.13. The lowest BCUT2D eigenvalue weighted by Gasteiger charge is -2.17. The monoisotopic (exact) mass is 230 g/mol. The first-order valence-electron chi connectivity index (χ1n) is 6.05. The summed E-state index contributed by atoms with van der Waals surface area (Å²) in [5, 5.41) is 12.2. The fraction of sp³-hybridized carbons (Fsp3) is 0.500. The molecule has 1 unspecified atom stereocenters. The molecule has 1 aromatic rings. The first kappa shape index (κ1) is 12.1. The highest BCUT2D eigenvalue weighted by Crippen LogP contribution is 2.32. The van der Waals surface area contributed by atoms with Gasteiger partial charge in [0.05, 0.1) is 18.2 Å². The number of nitrogens with zero attached hydrogens (tertiary/aromatic N) is 1. The lowest BCUT2D eigenvalue weighted by Crippen LogP contribution is -2.34. The van der Waals surface area contributed by atoms with Crippen molar-refractivity contribution in [1.82, 2.24) is 5.32 Å². The number of hydrogen-bond acceptors (Lipinski definition) is 3. The maximum absolute atomic E-state index is 8.72. The van der Waals surface area contributed by atoms with Gasteiger partial charge in [0, 0.05) is 19.7 Å². The van der Waals surface area contributed by atoms with Gasteiger partial charge in [0.2, 0.25) is 0 Å². The predicted molar refractivity (Wildman–Crippen MR) is 66.4 cm³/mol. The molecule has 0 radical (unpaired) electrons. The molecular formula is C14H18N2O. The third kappa shape index (κ3) is 3.55. The Labute approximate surface area is 102 Å². The van der Waals surface area contributed by atoms with E-state index in [1.54, 1.807) is 7.11 Å². The molecule has 3 nitrogen and oxygen atoms in total. The molecule has 3 heteroatoms. The summed E-state index contributed by atoms with van der Waals surface area (Å²) in [7, 11) is 1.75. The number of ether oxygens (including phenoxy) is 1. The van der Waals surface area contributed by atoms with Crippen molar-refractivity contribution in [3.05, 3.63) is 35.4 Å². The van der Waals surface area contributed by atoms with Crippen LogP contribution in [0.1, 0.15) is 24.0 Å². The van der Waals surface area contributed by atoms with E-state index in [2.05, 4.69) is 11.4 Å². The zero-order chi connectivity index (χ0) is 12.1. The van der Waals surface area contributed by atoms with Crippen LogP contribution in [-0.4, -0.2) is 19.8 Å². The third-order valence-electron chi connectivity index (χ3n) is 3.19. The van der Waals surface area contributed by atoms with Gasteiger partial charge in [-0.25, -0.2) is 0 Å². The van der Waals surface area contributed by atoms with Gasteiger partial charge in [0.25, 0.3) is 0 Å². The minimum Gasteiger partial charge on any atom is -0.383 e. The Morgan fingerprint density at radius 3 is 2.65 bits per heavy atom. The maximum Gasteiger partial charge on any atom is 0.0991 e. The van der Waals surface area contributed by atoms with Gasteiger partial charge in [-0.3, -0.25) is 0 Å². The average Bonchev–Trinajstić information content (AvgIpc) is 3.19. The molecule has 1 N–H and O–H groups in total. The highest BCUT2D eigenvalue weighted by molar-refractivity contribution is 5.31. The normalized spacial score (nSPS) is 16.5. The molecule has 0 aliphatic heterocycles. The lowest BCUT2D eigenvalue weighted by atomic mass is 10.1. The molecule has 0 heterocycles. The van der Waals surface area contributed by atoms with E-state index in [1.807, 2.05) is 24.3 Å². The summed E-state index contributed by atoms with van der Waals surface area (Å²) in [5.74, 6) is 0.785. The van der Waals surface area contributed by atoms with Crippen molar-refractivity contribution in [3.63, 3.8) is 0 Å². The van der Waals surface area contributed by atoms with Gasteiger partial charge in [0.1, 0.15) is 0 Å². The Morgan fingerprint density at radius 2 is 2.12 bits per heavy atom. The van der Waals surface area contributed by atoms with Crippen LogP contribution in [0.5, 0.6) is 0 Å². The van der Waals surface area contributed by atoms with Gasteiger partial charge >= 0.3 is 0 Å². The van der Waals surface area contributed by atoms with E-state index in [-0.39, 0.29) is 0 Å². The van der Waals surface area contributed by atoms with E-state index in [9.17, 15) is 0 Å². The summed E-state index contributed by atoms with van der Waals surface area (Å²) in [6, 6.07) is 10.3. The third-order valence-corrected chi connectivity index (χ3v) is 3.19. The highest BCUT2D eigenvalue weighted by atomic mass is 16.5. The SMILES string of the molecule is COCC(NCc1ccc(C#N)cc1)C1CC1. The summed E-state index contributed by atoms with van der Waals surface area (Å²) in [4.78, 5) is 0. The predicted octanol–water partition coefficient (Wildman–Crippen LogP) is 2.07. The molecule has 0 bridgehead atoms. The van der Waals surface area contributed by atoms with Gasteiger partial charge in [-0.15, -0.1) is 0 Å². The Bertz CT molecular complexity index is 390. The quantitative estimate of drug-likeness (QED) is 0.813. The van der Waals surface area contributed by atoms with Gasteiger partial charge in [-0.05, 0) is 36.5 Å². The molecule has 0 saturated heterocycles. The van der Waals surface area contributed by atoms with Crippen LogP contribution in [0.3, 0.4) is 0 Å². The van der Waals surface area contributed by atoms with E-state index < -0.39 is 0 Å². The number of nitriles is 1. The number of benzene rings is 1. The second-order valence-electron chi connectivity index (χ2n) is 4.59. The molecule has 90 valence electrons. The second-order valence-corrected chi connectivity index (χ2v) is 4.59. The topological polar surface area (TPSA) is 45.0 Å². The molecule has 1 atom stereocenters. The maximum atomic E-state index is 8.72. The first-order valence-corrected chi connectivity index (χ1v) is 6.05. The number of methoxy groups -OCH3 is 1. The van der Waals surface area contributed by atoms with Crippen molar-refractivity contribution in [2.24, 2.45) is 5.92 Å². The van der Waals surface area contributed by atoms with Crippen LogP contribution in [-0.2, 0) is 11.3 Å². The Morgan fingerprint density at radius 1 is 1.41 bits per heavy atom. The Hall–Kier alpha value is -1.37. The fourth-order valence-corrected chi connectivity index (χ4v) is 1.99. The van der Waals surface area contributed by atoms with Crippen molar-refractivity contribution in [2.75, 3.05) is 13.7 Å². The smallest absolute Gasteiger partial charge is 0.0991 e. The van der Waals surface area contributed by atoms with Crippen molar-refractivity contribution in [1.29, 1.82) is 5.26 Å². The number of rotatable bonds is 6. The zero-order valence-electron chi connectivity index (χ0n) is 10.1. The van der Waals surface area contributed by atoms with Crippen LogP contribution in [0.4, 0.5) is 0 Å². The molecule has 1 aromatic carbocycles. The zero-order valence-corrected chi connectivity index (χ0v) is 10.1. The molecule has 17 heavy (non-hydrogen) atoms. The van der Waals surface area contributed by atoms with Crippen LogP contribution >= 0.6 is 0 Å². The number of hydrogen-bond donors (Lipinski definition) is 1.